The molecule has 2 aliphatic rings. The van der Waals surface area contributed by atoms with Gasteiger partial charge in [-0.3, -0.25) is 9.78 Å². The third-order valence-corrected chi connectivity index (χ3v) is 5.73. The second-order valence-electron chi connectivity index (χ2n) is 7.95. The van der Waals surface area contributed by atoms with Gasteiger partial charge < -0.3 is 5.32 Å². The quantitative estimate of drug-likeness (QED) is 0.854. The van der Waals surface area contributed by atoms with E-state index >= 15 is 0 Å². The van der Waals surface area contributed by atoms with E-state index < -0.39 is 0 Å². The van der Waals surface area contributed by atoms with E-state index in [-0.39, 0.29) is 5.91 Å². The van der Waals surface area contributed by atoms with Crippen molar-refractivity contribution < 1.29 is 4.79 Å². The molecule has 0 saturated carbocycles. The van der Waals surface area contributed by atoms with Crippen LogP contribution in [0.25, 0.3) is 0 Å². The van der Waals surface area contributed by atoms with E-state index in [9.17, 15) is 4.79 Å². The van der Waals surface area contributed by atoms with Gasteiger partial charge in [-0.15, -0.1) is 0 Å². The van der Waals surface area contributed by atoms with E-state index in [4.69, 9.17) is 4.98 Å². The van der Waals surface area contributed by atoms with E-state index in [0.29, 0.717) is 12.3 Å². The standard InChI is InChI=1S/C23H28N2O/c1-16(14-17-8-3-2-4-9-17)15-22(26)25-23-18-10-5-6-12-20(18)24-21-13-7-11-19(21)23/h2-4,8-9,16H,5-7,10-15H2,1H3,(H,24,25,26). The summed E-state index contributed by atoms with van der Waals surface area (Å²) in [5.74, 6) is 0.490. The summed E-state index contributed by atoms with van der Waals surface area (Å²) in [6.07, 6.45) is 9.36. The lowest BCUT2D eigenvalue weighted by molar-refractivity contribution is -0.117. The van der Waals surface area contributed by atoms with Crippen LogP contribution < -0.4 is 5.32 Å². The molecule has 136 valence electrons. The van der Waals surface area contributed by atoms with E-state index in [1.807, 2.05) is 6.07 Å². The summed E-state index contributed by atoms with van der Waals surface area (Å²) in [6.45, 7) is 2.17. The molecule has 0 radical (unpaired) electrons. The maximum atomic E-state index is 12.8. The number of fused-ring (bicyclic) bond motifs is 2. The summed E-state index contributed by atoms with van der Waals surface area (Å²) in [5.41, 5.74) is 7.53. The number of aryl methyl sites for hydroxylation is 2. The van der Waals surface area contributed by atoms with Gasteiger partial charge in [0.25, 0.3) is 0 Å². The third kappa shape index (κ3) is 3.67. The Kier molecular flexibility index (Phi) is 5.05. The predicted octanol–water partition coefficient (Wildman–Crippen LogP) is 4.66. The Balaban J connectivity index is 1.48. The number of benzene rings is 1. The van der Waals surface area contributed by atoms with Gasteiger partial charge in [-0.1, -0.05) is 37.3 Å². The fourth-order valence-corrected chi connectivity index (χ4v) is 4.49. The molecule has 2 aromatic rings. The van der Waals surface area contributed by atoms with Crippen LogP contribution in [-0.4, -0.2) is 10.9 Å². The number of hydrogen-bond acceptors (Lipinski definition) is 2. The Hall–Kier alpha value is -2.16. The molecule has 1 amide bonds. The average molecular weight is 348 g/mol. The number of nitrogens with zero attached hydrogens (tertiary/aromatic N) is 1. The summed E-state index contributed by atoms with van der Waals surface area (Å²) in [4.78, 5) is 17.7. The van der Waals surface area contributed by atoms with Crippen molar-refractivity contribution in [1.82, 2.24) is 4.98 Å². The van der Waals surface area contributed by atoms with Gasteiger partial charge in [0.2, 0.25) is 5.91 Å². The molecule has 1 aromatic heterocycles. The highest BCUT2D eigenvalue weighted by Gasteiger charge is 2.25. The molecule has 1 aromatic carbocycles. The average Bonchev–Trinajstić information content (AvgIpc) is 3.10. The second kappa shape index (κ2) is 7.61. The highest BCUT2D eigenvalue weighted by atomic mass is 16.1. The highest BCUT2D eigenvalue weighted by molar-refractivity contribution is 5.93. The lowest BCUT2D eigenvalue weighted by Gasteiger charge is -2.22. The molecule has 0 fully saturated rings. The summed E-state index contributed by atoms with van der Waals surface area (Å²) >= 11 is 0. The smallest absolute Gasteiger partial charge is 0.224 e. The highest BCUT2D eigenvalue weighted by Crippen LogP contribution is 2.36. The molecular formula is C23H28N2O. The van der Waals surface area contributed by atoms with Crippen LogP contribution in [-0.2, 0) is 36.9 Å². The number of aromatic nitrogens is 1. The minimum atomic E-state index is 0.154. The van der Waals surface area contributed by atoms with Crippen LogP contribution in [0.15, 0.2) is 30.3 Å². The largest absolute Gasteiger partial charge is 0.325 e. The van der Waals surface area contributed by atoms with Gasteiger partial charge in [0.15, 0.2) is 0 Å². The lowest BCUT2D eigenvalue weighted by Crippen LogP contribution is -2.20. The first kappa shape index (κ1) is 17.3. The van der Waals surface area contributed by atoms with Crippen LogP contribution in [0.2, 0.25) is 0 Å². The number of rotatable bonds is 5. The van der Waals surface area contributed by atoms with Crippen molar-refractivity contribution in [3.63, 3.8) is 0 Å². The zero-order chi connectivity index (χ0) is 17.9. The molecule has 0 spiro atoms. The predicted molar refractivity (Wildman–Crippen MR) is 105 cm³/mol. The van der Waals surface area contributed by atoms with Crippen molar-refractivity contribution in [2.45, 2.75) is 64.7 Å². The number of anilines is 1. The van der Waals surface area contributed by atoms with E-state index in [0.717, 1.165) is 37.8 Å². The molecular weight excluding hydrogens is 320 g/mol. The molecule has 0 bridgehead atoms. The van der Waals surface area contributed by atoms with Gasteiger partial charge in [-0.25, -0.2) is 0 Å². The van der Waals surface area contributed by atoms with Crippen molar-refractivity contribution in [1.29, 1.82) is 0 Å². The molecule has 4 rings (SSSR count). The van der Waals surface area contributed by atoms with Crippen LogP contribution in [0, 0.1) is 5.92 Å². The zero-order valence-corrected chi connectivity index (χ0v) is 15.7. The minimum absolute atomic E-state index is 0.154. The molecule has 1 N–H and O–H groups in total. The third-order valence-electron chi connectivity index (χ3n) is 5.73. The van der Waals surface area contributed by atoms with Crippen LogP contribution in [0.4, 0.5) is 5.69 Å². The molecule has 1 unspecified atom stereocenters. The van der Waals surface area contributed by atoms with Crippen molar-refractivity contribution >= 4 is 11.6 Å². The number of carbonyl (C=O) groups is 1. The van der Waals surface area contributed by atoms with Gasteiger partial charge in [-0.05, 0) is 74.0 Å². The maximum absolute atomic E-state index is 12.8. The van der Waals surface area contributed by atoms with Gasteiger partial charge in [0.1, 0.15) is 0 Å². The normalized spacial score (nSPS) is 16.7. The van der Waals surface area contributed by atoms with Gasteiger partial charge in [0, 0.05) is 17.8 Å². The number of amides is 1. The van der Waals surface area contributed by atoms with Crippen LogP contribution in [0.1, 0.15) is 60.7 Å². The molecule has 0 aliphatic heterocycles. The Bertz CT molecular complexity index is 798. The summed E-state index contributed by atoms with van der Waals surface area (Å²) in [7, 11) is 0. The van der Waals surface area contributed by atoms with E-state index in [1.54, 1.807) is 0 Å². The maximum Gasteiger partial charge on any atom is 0.224 e. The molecule has 3 nitrogen and oxygen atoms in total. The van der Waals surface area contributed by atoms with Gasteiger partial charge in [-0.2, -0.15) is 0 Å². The zero-order valence-electron chi connectivity index (χ0n) is 15.7. The van der Waals surface area contributed by atoms with Gasteiger partial charge in [0.05, 0.1) is 5.69 Å². The van der Waals surface area contributed by atoms with Crippen LogP contribution >= 0.6 is 0 Å². The fourth-order valence-electron chi connectivity index (χ4n) is 4.49. The molecule has 3 heteroatoms. The molecule has 26 heavy (non-hydrogen) atoms. The van der Waals surface area contributed by atoms with Crippen LogP contribution in [0.3, 0.4) is 0 Å². The number of pyridine rings is 1. The SMILES string of the molecule is CC(CC(=O)Nc1c2c(nc3c1CCC3)CCCC2)Cc1ccccc1. The van der Waals surface area contributed by atoms with Crippen molar-refractivity contribution in [3.05, 3.63) is 58.4 Å². The first-order valence-corrected chi connectivity index (χ1v) is 10.1. The van der Waals surface area contributed by atoms with Gasteiger partial charge >= 0.3 is 0 Å². The van der Waals surface area contributed by atoms with Crippen molar-refractivity contribution in [2.24, 2.45) is 5.92 Å². The minimum Gasteiger partial charge on any atom is -0.325 e. The fraction of sp³-hybridized carbons (Fsp3) is 0.478. The topological polar surface area (TPSA) is 42.0 Å². The molecule has 1 atom stereocenters. The Labute approximate surface area is 156 Å². The number of hydrogen-bond donors (Lipinski definition) is 1. The number of nitrogens with one attached hydrogen (secondary N) is 1. The Morgan fingerprint density at radius 2 is 1.65 bits per heavy atom. The Morgan fingerprint density at radius 1 is 1.00 bits per heavy atom. The lowest BCUT2D eigenvalue weighted by atomic mass is 9.91. The number of carbonyl (C=O) groups excluding carboxylic acids is 1. The summed E-state index contributed by atoms with van der Waals surface area (Å²) in [5, 5.41) is 3.31. The second-order valence-corrected chi connectivity index (χ2v) is 7.95. The molecule has 0 saturated heterocycles. The van der Waals surface area contributed by atoms with E-state index in [1.165, 1.54) is 47.3 Å². The van der Waals surface area contributed by atoms with E-state index in [2.05, 4.69) is 36.5 Å². The Morgan fingerprint density at radius 3 is 2.42 bits per heavy atom. The first-order valence-electron chi connectivity index (χ1n) is 10.1. The van der Waals surface area contributed by atoms with Crippen molar-refractivity contribution in [3.8, 4) is 0 Å². The van der Waals surface area contributed by atoms with Crippen LogP contribution in [0.5, 0.6) is 0 Å². The van der Waals surface area contributed by atoms with Crippen molar-refractivity contribution in [2.75, 3.05) is 5.32 Å². The summed E-state index contributed by atoms with van der Waals surface area (Å²) < 4.78 is 0. The monoisotopic (exact) mass is 348 g/mol. The summed E-state index contributed by atoms with van der Waals surface area (Å²) in [6, 6.07) is 10.4. The molecule has 2 aliphatic carbocycles. The molecule has 1 heterocycles. The first-order chi connectivity index (χ1) is 12.7.